The van der Waals surface area contributed by atoms with Crippen molar-refractivity contribution < 1.29 is 78.5 Å². The van der Waals surface area contributed by atoms with Crippen molar-refractivity contribution in [3.8, 4) is 0 Å². The van der Waals surface area contributed by atoms with Crippen LogP contribution in [0.1, 0.15) is 0 Å². The van der Waals surface area contributed by atoms with E-state index in [1.54, 1.807) is 0 Å². The summed E-state index contributed by atoms with van der Waals surface area (Å²) in [6.45, 7) is -5.14. The Morgan fingerprint density at radius 2 is 0.800 bits per heavy atom. The number of hydrogen-bond acceptors (Lipinski definition) is 2. The van der Waals surface area contributed by atoms with E-state index < -0.39 is 72.8 Å². The van der Waals surface area contributed by atoms with Gasteiger partial charge in [-0.1, -0.05) is 0 Å². The number of aromatic nitrogens is 2. The number of nitrogens with zero attached hydrogens (tertiary/aromatic N) is 2. The number of alkyl halides is 12. The van der Waals surface area contributed by atoms with Gasteiger partial charge < -0.3 is 0 Å². The van der Waals surface area contributed by atoms with Gasteiger partial charge in [-0.05, 0) is 0 Å². The van der Waals surface area contributed by atoms with Crippen molar-refractivity contribution in [1.82, 2.24) is 9.13 Å². The summed E-state index contributed by atoms with van der Waals surface area (Å²) in [5.41, 5.74) is -11.1. The van der Waals surface area contributed by atoms with Crippen LogP contribution in [0, 0.1) is 4.32 Å². The van der Waals surface area contributed by atoms with Crippen LogP contribution in [0.5, 0.6) is 0 Å². The first-order valence-corrected chi connectivity index (χ1v) is 8.06. The molecule has 1 heterocycles. The van der Waals surface area contributed by atoms with Gasteiger partial charge in [0.25, 0.3) is 0 Å². The summed E-state index contributed by atoms with van der Waals surface area (Å²) in [7, 11) is 0. The van der Waals surface area contributed by atoms with E-state index >= 15 is 0 Å². The number of hydrogen-bond donors (Lipinski definition) is 2. The minimum absolute atomic E-state index is 0.405. The molecule has 1 aromatic heterocycles. The van der Waals surface area contributed by atoms with Crippen molar-refractivity contribution in [2.24, 2.45) is 0 Å². The van der Waals surface area contributed by atoms with E-state index in [-0.39, 0.29) is 0 Å². The average molecular weight is 553 g/mol. The fraction of sp³-hybridized carbons (Fsp3) is 0.727. The molecule has 0 aromatic carbocycles. The van der Waals surface area contributed by atoms with Crippen molar-refractivity contribution in [1.29, 1.82) is 0 Å². The quantitative estimate of drug-likeness (QED) is 0.430. The first-order valence-electron chi connectivity index (χ1n) is 6.75. The van der Waals surface area contributed by atoms with Gasteiger partial charge in [0.1, 0.15) is 0 Å². The summed E-state index contributed by atoms with van der Waals surface area (Å²) in [6, 6.07) is 0. The van der Waals surface area contributed by atoms with Gasteiger partial charge in [-0.25, -0.2) is 0 Å². The molecule has 178 valence electrons. The molecular formula is C11H6Cl2F12FeN2O2. The normalized spacial score (nSPS) is 15.1. The molecule has 2 N–H and O–H groups in total. The molecule has 1 rings (SSSR count). The molecule has 0 saturated heterocycles. The molecular weight excluding hydrogens is 547 g/mol. The maximum atomic E-state index is 12.8. The first kappa shape index (κ1) is 27.4. The fourth-order valence-electron chi connectivity index (χ4n) is 1.93. The van der Waals surface area contributed by atoms with Crippen LogP contribution < -0.4 is 0 Å². The molecule has 0 atom stereocenters. The number of imidazole rings is 1. The summed E-state index contributed by atoms with van der Waals surface area (Å²) in [5, 5.41) is 15.5. The second kappa shape index (κ2) is 7.76. The topological polar surface area (TPSA) is 50.3 Å². The summed E-state index contributed by atoms with van der Waals surface area (Å²) in [4.78, 5) is 0. The van der Waals surface area contributed by atoms with Gasteiger partial charge in [0.05, 0.1) is 0 Å². The minimum atomic E-state index is -6.40. The molecule has 0 unspecified atom stereocenters. The zero-order chi connectivity index (χ0) is 24.3. The SMILES string of the molecule is OC(Cn1c(Cl)c(Cl)n(CC(O)(C(F)(F)F)C(F)(F)F)[c]1=[Fe])(C(F)(F)F)C(F)(F)F. The Labute approximate surface area is 174 Å². The van der Waals surface area contributed by atoms with Crippen LogP contribution in [0.3, 0.4) is 0 Å². The Balaban J connectivity index is 3.67. The third-order valence-electron chi connectivity index (χ3n) is 3.73. The molecule has 0 aliphatic rings. The Bertz CT molecular complexity index is 757. The van der Waals surface area contributed by atoms with Crippen molar-refractivity contribution in [3.05, 3.63) is 14.6 Å². The van der Waals surface area contributed by atoms with E-state index in [1.165, 1.54) is 0 Å². The van der Waals surface area contributed by atoms with Crippen molar-refractivity contribution in [2.45, 2.75) is 49.0 Å². The van der Waals surface area contributed by atoms with Crippen molar-refractivity contribution in [3.63, 3.8) is 0 Å². The summed E-state index contributed by atoms with van der Waals surface area (Å²) in [5.74, 6) is 0. The van der Waals surface area contributed by atoms with E-state index in [0.29, 0.717) is 0 Å². The second-order valence-electron chi connectivity index (χ2n) is 5.72. The molecule has 19 heteroatoms. The molecule has 0 saturated carbocycles. The summed E-state index contributed by atoms with van der Waals surface area (Å²) in [6.07, 6.45) is -25.6. The third-order valence-corrected chi connectivity index (χ3v) is 5.19. The molecule has 0 fully saturated rings. The molecule has 0 aliphatic heterocycles. The number of halogens is 14. The van der Waals surface area contributed by atoms with Gasteiger partial charge in [0, 0.05) is 0 Å². The van der Waals surface area contributed by atoms with Gasteiger partial charge in [-0.3, -0.25) is 0 Å². The van der Waals surface area contributed by atoms with Crippen LogP contribution in [0.2, 0.25) is 10.3 Å². The first-order chi connectivity index (χ1) is 12.9. The van der Waals surface area contributed by atoms with Crippen LogP contribution in [-0.4, -0.2) is 55.3 Å². The van der Waals surface area contributed by atoms with Gasteiger partial charge in [-0.2, -0.15) is 0 Å². The predicted molar refractivity (Wildman–Crippen MR) is 69.8 cm³/mol. The molecule has 1 aromatic rings. The van der Waals surface area contributed by atoms with Gasteiger partial charge >= 0.3 is 174 Å². The standard InChI is InChI=1S/C11H6Cl2F12N2O2.Fe/c12-4-5(13)27(2-7(29,10(20,21)22)11(23,24)25)3-26(4)1-6(28,8(14,15)16)9(17,18)19;/h28-29H,1-2H2;. The van der Waals surface area contributed by atoms with E-state index in [4.69, 9.17) is 33.4 Å². The number of rotatable bonds is 4. The van der Waals surface area contributed by atoms with E-state index in [9.17, 15) is 52.7 Å². The zero-order valence-electron chi connectivity index (χ0n) is 13.3. The Morgan fingerprint density at radius 3 is 0.967 bits per heavy atom. The fourth-order valence-corrected chi connectivity index (χ4v) is 2.97. The predicted octanol–water partition coefficient (Wildman–Crippen LogP) is 4.39. The molecule has 0 amide bonds. The Kier molecular flexibility index (Phi) is 7.09. The Morgan fingerprint density at radius 1 is 0.600 bits per heavy atom. The van der Waals surface area contributed by atoms with Crippen molar-refractivity contribution >= 4 is 23.2 Å². The molecule has 0 bridgehead atoms. The molecule has 0 spiro atoms. The van der Waals surface area contributed by atoms with E-state index in [1.807, 2.05) is 0 Å². The van der Waals surface area contributed by atoms with Crippen LogP contribution in [0.25, 0.3) is 0 Å². The van der Waals surface area contributed by atoms with Crippen LogP contribution in [0.4, 0.5) is 52.7 Å². The molecule has 4 nitrogen and oxygen atoms in total. The van der Waals surface area contributed by atoms with E-state index in [2.05, 4.69) is 15.6 Å². The third kappa shape index (κ3) is 4.46. The van der Waals surface area contributed by atoms with Gasteiger partial charge in [0.2, 0.25) is 0 Å². The summed E-state index contributed by atoms with van der Waals surface area (Å²) >= 11 is 13.5. The average Bonchev–Trinajstić information content (AvgIpc) is 2.68. The van der Waals surface area contributed by atoms with Crippen LogP contribution in [-0.2, 0) is 28.7 Å². The van der Waals surface area contributed by atoms with Crippen LogP contribution >= 0.6 is 23.2 Å². The number of aliphatic hydroxyl groups is 2. The maximum absolute atomic E-state index is 12.8. The van der Waals surface area contributed by atoms with Crippen molar-refractivity contribution in [2.75, 3.05) is 0 Å². The monoisotopic (exact) mass is 552 g/mol. The molecule has 0 radical (unpaired) electrons. The van der Waals surface area contributed by atoms with Gasteiger partial charge in [-0.15, -0.1) is 0 Å². The second-order valence-corrected chi connectivity index (χ2v) is 6.93. The molecule has 0 aliphatic carbocycles. The van der Waals surface area contributed by atoms with E-state index in [0.717, 1.165) is 0 Å². The van der Waals surface area contributed by atoms with Crippen LogP contribution in [0.15, 0.2) is 0 Å². The zero-order valence-corrected chi connectivity index (χ0v) is 16.0. The van der Waals surface area contributed by atoms with Gasteiger partial charge in [0.15, 0.2) is 0 Å². The summed E-state index contributed by atoms with van der Waals surface area (Å²) < 4.78 is 152. The molecule has 30 heavy (non-hydrogen) atoms. The Hall–Kier alpha value is -0.611.